The van der Waals surface area contributed by atoms with Crippen LogP contribution in [0.15, 0.2) is 35.2 Å². The fourth-order valence-electron chi connectivity index (χ4n) is 1.58. The molecule has 1 aromatic carbocycles. The van der Waals surface area contributed by atoms with Crippen LogP contribution in [0.1, 0.15) is 0 Å². The second-order valence-electron chi connectivity index (χ2n) is 4.27. The minimum Gasteiger partial charge on any atom is -0.466 e. The molecular formula is C12H13F3N2O6S. The summed E-state index contributed by atoms with van der Waals surface area (Å²) in [6.07, 6.45) is -7.27. The smallest absolute Gasteiger partial charge is 0.437 e. The van der Waals surface area contributed by atoms with E-state index in [-0.39, 0.29) is 0 Å². The number of benzene rings is 1. The second kappa shape index (κ2) is 7.05. The van der Waals surface area contributed by atoms with Crippen LogP contribution in [0.5, 0.6) is 0 Å². The SMILES string of the molecule is COC(=O)N[C@@](NS(=O)(=O)c1ccccc1)(C(=O)OC)C(F)(F)F. The third-order valence-corrected chi connectivity index (χ3v) is 4.20. The van der Waals surface area contributed by atoms with Gasteiger partial charge in [-0.1, -0.05) is 18.2 Å². The van der Waals surface area contributed by atoms with E-state index in [1.54, 1.807) is 0 Å². The van der Waals surface area contributed by atoms with Gasteiger partial charge in [0.05, 0.1) is 19.1 Å². The number of esters is 1. The third kappa shape index (κ3) is 3.94. The molecule has 0 saturated carbocycles. The van der Waals surface area contributed by atoms with E-state index in [1.807, 2.05) is 0 Å². The van der Waals surface area contributed by atoms with E-state index in [0.29, 0.717) is 7.11 Å². The van der Waals surface area contributed by atoms with E-state index in [4.69, 9.17) is 0 Å². The Hall–Kier alpha value is -2.34. The normalized spacial score (nSPS) is 14.4. The number of alkyl halides is 3. The third-order valence-electron chi connectivity index (χ3n) is 2.73. The largest absolute Gasteiger partial charge is 0.466 e. The second-order valence-corrected chi connectivity index (χ2v) is 5.96. The van der Waals surface area contributed by atoms with Crippen LogP contribution in [-0.4, -0.2) is 46.5 Å². The number of amides is 1. The number of alkyl carbamates (subject to hydrolysis) is 1. The van der Waals surface area contributed by atoms with Gasteiger partial charge < -0.3 is 9.47 Å². The Labute approximate surface area is 135 Å². The van der Waals surface area contributed by atoms with Gasteiger partial charge in [0.1, 0.15) is 0 Å². The number of hydrogen-bond acceptors (Lipinski definition) is 6. The van der Waals surface area contributed by atoms with Gasteiger partial charge in [-0.25, -0.2) is 18.0 Å². The van der Waals surface area contributed by atoms with Gasteiger partial charge in [0.15, 0.2) is 0 Å². The lowest BCUT2D eigenvalue weighted by molar-refractivity contribution is -0.213. The zero-order valence-corrected chi connectivity index (χ0v) is 13.2. The summed E-state index contributed by atoms with van der Waals surface area (Å²) < 4.78 is 73.9. The molecule has 1 atom stereocenters. The molecule has 8 nitrogen and oxygen atoms in total. The molecule has 134 valence electrons. The van der Waals surface area contributed by atoms with Crippen LogP contribution >= 0.6 is 0 Å². The maximum absolute atomic E-state index is 13.5. The Kier molecular flexibility index (Phi) is 5.79. The molecule has 0 bridgehead atoms. The van der Waals surface area contributed by atoms with Gasteiger partial charge >= 0.3 is 23.9 Å². The van der Waals surface area contributed by atoms with Crippen molar-refractivity contribution < 1.29 is 40.7 Å². The topological polar surface area (TPSA) is 111 Å². The van der Waals surface area contributed by atoms with Crippen molar-refractivity contribution in [3.63, 3.8) is 0 Å². The molecule has 0 unspecified atom stereocenters. The lowest BCUT2D eigenvalue weighted by atomic mass is 10.2. The summed E-state index contributed by atoms with van der Waals surface area (Å²) in [5, 5.41) is 1.15. The molecular weight excluding hydrogens is 357 g/mol. The fraction of sp³-hybridized carbons (Fsp3) is 0.333. The van der Waals surface area contributed by atoms with Gasteiger partial charge in [0, 0.05) is 0 Å². The number of sulfonamides is 1. The Morgan fingerprint density at radius 1 is 1.04 bits per heavy atom. The first-order chi connectivity index (χ1) is 11.0. The Morgan fingerprint density at radius 3 is 2.00 bits per heavy atom. The minimum absolute atomic E-state index is 0.561. The van der Waals surface area contributed by atoms with E-state index in [2.05, 4.69) is 9.47 Å². The van der Waals surface area contributed by atoms with Crippen LogP contribution in [0.2, 0.25) is 0 Å². The molecule has 0 aliphatic rings. The van der Waals surface area contributed by atoms with Gasteiger partial charge in [0.25, 0.3) is 0 Å². The molecule has 1 rings (SSSR count). The van der Waals surface area contributed by atoms with Crippen molar-refractivity contribution in [3.05, 3.63) is 30.3 Å². The summed E-state index contributed by atoms with van der Waals surface area (Å²) >= 11 is 0. The van der Waals surface area contributed by atoms with Crippen LogP contribution < -0.4 is 10.0 Å². The molecule has 0 heterocycles. The fourth-order valence-corrected chi connectivity index (χ4v) is 2.87. The van der Waals surface area contributed by atoms with E-state index >= 15 is 0 Å². The molecule has 0 aromatic heterocycles. The van der Waals surface area contributed by atoms with Crippen molar-refractivity contribution in [2.45, 2.75) is 16.7 Å². The van der Waals surface area contributed by atoms with E-state index in [1.165, 1.54) is 18.2 Å². The first kappa shape index (κ1) is 19.7. The van der Waals surface area contributed by atoms with Crippen LogP contribution in [0.4, 0.5) is 18.0 Å². The van der Waals surface area contributed by atoms with Gasteiger partial charge in [-0.2, -0.15) is 17.9 Å². The Balaban J connectivity index is 3.47. The zero-order valence-electron chi connectivity index (χ0n) is 12.4. The van der Waals surface area contributed by atoms with Gasteiger partial charge in [-0.3, -0.25) is 5.32 Å². The maximum Gasteiger partial charge on any atom is 0.437 e. The van der Waals surface area contributed by atoms with Crippen LogP contribution in [-0.2, 0) is 24.3 Å². The lowest BCUT2D eigenvalue weighted by Crippen LogP contribution is -2.73. The number of carbonyl (C=O) groups excluding carboxylic acids is 2. The van der Waals surface area contributed by atoms with Crippen molar-refractivity contribution >= 4 is 22.1 Å². The van der Waals surface area contributed by atoms with Crippen molar-refractivity contribution in [1.82, 2.24) is 10.0 Å². The molecule has 24 heavy (non-hydrogen) atoms. The highest BCUT2D eigenvalue weighted by Crippen LogP contribution is 2.31. The first-order valence-electron chi connectivity index (χ1n) is 6.10. The van der Waals surface area contributed by atoms with Crippen LogP contribution in [0.3, 0.4) is 0 Å². The standard InChI is InChI=1S/C12H13F3N2O6S/c1-22-9(18)11(12(13,14)15,16-10(19)23-2)17-24(20,21)8-6-4-3-5-7-8/h3-7,17H,1-2H3,(H,16,19)/t11-/m1/s1. The molecule has 1 aromatic rings. The summed E-state index contributed by atoms with van der Waals surface area (Å²) in [4.78, 5) is 22.4. The molecule has 0 radical (unpaired) electrons. The average molecular weight is 370 g/mol. The van der Waals surface area contributed by atoms with Crippen LogP contribution in [0.25, 0.3) is 0 Å². The van der Waals surface area contributed by atoms with E-state index < -0.39 is 38.8 Å². The summed E-state index contributed by atoms with van der Waals surface area (Å²) in [7, 11) is -3.52. The molecule has 0 aliphatic carbocycles. The molecule has 0 aliphatic heterocycles. The van der Waals surface area contributed by atoms with Gasteiger partial charge in [-0.05, 0) is 12.1 Å². The van der Waals surface area contributed by atoms with E-state index in [9.17, 15) is 31.2 Å². The highest BCUT2D eigenvalue weighted by Gasteiger charge is 2.65. The van der Waals surface area contributed by atoms with Gasteiger partial charge in [0.2, 0.25) is 10.0 Å². The maximum atomic E-state index is 13.5. The average Bonchev–Trinajstić information content (AvgIpc) is 2.52. The molecule has 0 fully saturated rings. The molecule has 0 saturated heterocycles. The highest BCUT2D eigenvalue weighted by molar-refractivity contribution is 7.89. The summed E-state index contributed by atoms with van der Waals surface area (Å²) in [5.74, 6) is -2.10. The lowest BCUT2D eigenvalue weighted by Gasteiger charge is -2.33. The van der Waals surface area contributed by atoms with E-state index in [0.717, 1.165) is 29.3 Å². The predicted molar refractivity (Wildman–Crippen MR) is 73.1 cm³/mol. The summed E-state index contributed by atoms with van der Waals surface area (Å²) in [6.45, 7) is 0. The zero-order chi connectivity index (χ0) is 18.6. The van der Waals surface area contributed by atoms with Crippen molar-refractivity contribution in [1.29, 1.82) is 0 Å². The molecule has 12 heteroatoms. The first-order valence-corrected chi connectivity index (χ1v) is 7.59. The number of methoxy groups -OCH3 is 2. The molecule has 2 N–H and O–H groups in total. The highest BCUT2D eigenvalue weighted by atomic mass is 32.2. The number of rotatable bonds is 5. The summed E-state index contributed by atoms with van der Waals surface area (Å²) in [5.41, 5.74) is -4.07. The van der Waals surface area contributed by atoms with Crippen molar-refractivity contribution in [2.75, 3.05) is 14.2 Å². The molecule has 0 spiro atoms. The monoisotopic (exact) mass is 370 g/mol. The number of carbonyl (C=O) groups is 2. The number of ether oxygens (including phenoxy) is 2. The number of nitrogens with one attached hydrogen (secondary N) is 2. The predicted octanol–water partition coefficient (Wildman–Crippen LogP) is 0.752. The van der Waals surface area contributed by atoms with Crippen molar-refractivity contribution in [2.24, 2.45) is 0 Å². The number of hydrogen-bond donors (Lipinski definition) is 2. The molecule has 1 amide bonds. The Bertz CT molecular complexity index is 707. The minimum atomic E-state index is -5.57. The summed E-state index contributed by atoms with van der Waals surface area (Å²) in [6, 6.07) is 5.95. The van der Waals surface area contributed by atoms with Crippen molar-refractivity contribution in [3.8, 4) is 0 Å². The van der Waals surface area contributed by atoms with Crippen LogP contribution in [0, 0.1) is 0 Å². The Morgan fingerprint density at radius 2 is 1.58 bits per heavy atom. The number of halogens is 3. The quantitative estimate of drug-likeness (QED) is 0.585. The van der Waals surface area contributed by atoms with Gasteiger partial charge in [-0.15, -0.1) is 0 Å².